The minimum Gasteiger partial charge on any atom is -0.262 e. The monoisotopic (exact) mass is 280 g/mol. The Bertz CT molecular complexity index is 398. The second-order valence-electron chi connectivity index (χ2n) is 3.84. The minimum atomic E-state index is 0.473. The second-order valence-corrected chi connectivity index (χ2v) is 5.03. The molecule has 16 heavy (non-hydrogen) atoms. The first-order chi connectivity index (χ1) is 7.36. The van der Waals surface area contributed by atoms with Crippen LogP contribution in [0, 0.1) is 11.3 Å². The van der Waals surface area contributed by atoms with Gasteiger partial charge in [-0.1, -0.05) is 28.1 Å². The van der Waals surface area contributed by atoms with Gasteiger partial charge in [0.05, 0.1) is 11.8 Å². The molecule has 0 unspecified atom stereocenters. The first-order valence-corrected chi connectivity index (χ1v) is 5.79. The Morgan fingerprint density at radius 2 is 1.94 bits per heavy atom. The van der Waals surface area contributed by atoms with E-state index in [0.29, 0.717) is 5.57 Å². The van der Waals surface area contributed by atoms with E-state index in [1.807, 2.05) is 33.8 Å². The molecule has 0 rings (SSSR count). The van der Waals surface area contributed by atoms with Crippen molar-refractivity contribution in [3.63, 3.8) is 0 Å². The molecule has 0 aromatic carbocycles. The van der Waals surface area contributed by atoms with E-state index in [1.165, 1.54) is 0 Å². The zero-order valence-corrected chi connectivity index (χ0v) is 11.8. The molecule has 0 aliphatic rings. The predicted molar refractivity (Wildman–Crippen MR) is 73.5 cm³/mol. The first-order valence-electron chi connectivity index (χ1n) is 5.00. The average Bonchev–Trinajstić information content (AvgIpc) is 2.15. The molecule has 0 aliphatic heterocycles. The van der Waals surface area contributed by atoms with Gasteiger partial charge in [0.2, 0.25) is 0 Å². The molecule has 0 heterocycles. The summed E-state index contributed by atoms with van der Waals surface area (Å²) in [5.41, 5.74) is 3.55. The lowest BCUT2D eigenvalue weighted by Crippen LogP contribution is -1.89. The molecule has 0 aromatic rings. The number of nitrogens with zero attached hydrogens (tertiary/aromatic N) is 2. The van der Waals surface area contributed by atoms with Crippen LogP contribution in [-0.2, 0) is 0 Å². The lowest BCUT2D eigenvalue weighted by molar-refractivity contribution is 1.06. The highest BCUT2D eigenvalue weighted by Crippen LogP contribution is 2.21. The fourth-order valence-electron chi connectivity index (χ4n) is 1.15. The summed E-state index contributed by atoms with van der Waals surface area (Å²) in [5.74, 6) is 0. The van der Waals surface area contributed by atoms with Crippen molar-refractivity contribution >= 4 is 21.6 Å². The van der Waals surface area contributed by atoms with Crippen LogP contribution in [-0.4, -0.2) is 5.71 Å². The number of hydrogen-bond acceptors (Lipinski definition) is 2. The predicted octanol–water partition coefficient (Wildman–Crippen LogP) is 4.51. The molecule has 86 valence electrons. The zero-order chi connectivity index (χ0) is 12.7. The van der Waals surface area contributed by atoms with Crippen molar-refractivity contribution in [2.75, 3.05) is 0 Å². The normalized spacial score (nSPS) is 12.6. The molecule has 0 aliphatic carbocycles. The van der Waals surface area contributed by atoms with Gasteiger partial charge in [-0.2, -0.15) is 5.26 Å². The summed E-state index contributed by atoms with van der Waals surface area (Å²) in [7, 11) is 0. The van der Waals surface area contributed by atoms with Crippen LogP contribution < -0.4 is 0 Å². The number of halogens is 1. The Balaban J connectivity index is 4.90. The van der Waals surface area contributed by atoms with E-state index >= 15 is 0 Å². The van der Waals surface area contributed by atoms with Crippen LogP contribution in [0.3, 0.4) is 0 Å². The van der Waals surface area contributed by atoms with Crippen LogP contribution in [0.25, 0.3) is 0 Å². The minimum absolute atomic E-state index is 0.473. The Hall–Kier alpha value is -1.14. The largest absolute Gasteiger partial charge is 0.262 e. The summed E-state index contributed by atoms with van der Waals surface area (Å²) in [6, 6.07) is 2.00. The molecule has 3 heteroatoms. The number of hydrogen-bond donors (Lipinski definition) is 0. The Kier molecular flexibility index (Phi) is 6.67. The molecule has 0 aromatic heterocycles. The standard InChI is InChI=1S/C13H17BrN2/c1-9(2)16-13(12(5)14)7-10(3)6-11(4)8-15/h6H,4,7H2,1-3,5H3/b10-6+,13-12+. The van der Waals surface area contributed by atoms with Crippen LogP contribution in [0.2, 0.25) is 0 Å². The van der Waals surface area contributed by atoms with Gasteiger partial charge in [-0.3, -0.25) is 4.99 Å². The van der Waals surface area contributed by atoms with Crippen molar-refractivity contribution in [2.24, 2.45) is 4.99 Å². The fraction of sp³-hybridized carbons (Fsp3) is 0.385. The highest BCUT2D eigenvalue weighted by molar-refractivity contribution is 9.11. The third-order valence-corrected chi connectivity index (χ3v) is 2.22. The van der Waals surface area contributed by atoms with Gasteiger partial charge in [0.1, 0.15) is 0 Å². The van der Waals surface area contributed by atoms with Gasteiger partial charge in [0, 0.05) is 22.2 Å². The lowest BCUT2D eigenvalue weighted by Gasteiger charge is -2.05. The maximum Gasteiger partial charge on any atom is 0.0985 e. The second kappa shape index (κ2) is 7.19. The fourth-order valence-corrected chi connectivity index (χ4v) is 1.38. The lowest BCUT2D eigenvalue weighted by atomic mass is 10.1. The highest BCUT2D eigenvalue weighted by Gasteiger charge is 2.01. The molecule has 0 N–H and O–H groups in total. The topological polar surface area (TPSA) is 36.1 Å². The van der Waals surface area contributed by atoms with Crippen LogP contribution >= 0.6 is 15.9 Å². The van der Waals surface area contributed by atoms with Crippen molar-refractivity contribution in [3.05, 3.63) is 34.0 Å². The molecule has 0 fully saturated rings. The number of rotatable bonds is 4. The summed E-state index contributed by atoms with van der Waals surface area (Å²) in [4.78, 5) is 4.45. The summed E-state index contributed by atoms with van der Waals surface area (Å²) in [5, 5.41) is 8.63. The van der Waals surface area contributed by atoms with Gasteiger partial charge in [0.25, 0.3) is 0 Å². The number of nitriles is 1. The van der Waals surface area contributed by atoms with Gasteiger partial charge >= 0.3 is 0 Å². The quantitative estimate of drug-likeness (QED) is 0.424. The highest BCUT2D eigenvalue weighted by atomic mass is 79.9. The molecule has 0 radical (unpaired) electrons. The summed E-state index contributed by atoms with van der Waals surface area (Å²) in [6.07, 6.45) is 2.51. The molecule has 0 bridgehead atoms. The number of aliphatic imine (C=N–C) groups is 1. The van der Waals surface area contributed by atoms with Gasteiger partial charge in [-0.15, -0.1) is 0 Å². The first kappa shape index (κ1) is 14.9. The zero-order valence-electron chi connectivity index (χ0n) is 10.3. The van der Waals surface area contributed by atoms with Gasteiger partial charge in [0.15, 0.2) is 0 Å². The van der Waals surface area contributed by atoms with Crippen LogP contribution in [0.4, 0.5) is 0 Å². The molecule has 0 atom stereocenters. The molecule has 0 saturated carbocycles. The van der Waals surface area contributed by atoms with E-state index in [0.717, 1.165) is 27.9 Å². The third-order valence-electron chi connectivity index (χ3n) is 1.77. The van der Waals surface area contributed by atoms with Crippen molar-refractivity contribution < 1.29 is 0 Å². The van der Waals surface area contributed by atoms with Crippen LogP contribution in [0.1, 0.15) is 34.1 Å². The van der Waals surface area contributed by atoms with Gasteiger partial charge in [-0.05, 0) is 33.8 Å². The summed E-state index contributed by atoms with van der Waals surface area (Å²) < 4.78 is 1.02. The summed E-state index contributed by atoms with van der Waals surface area (Å²) >= 11 is 3.44. The summed E-state index contributed by atoms with van der Waals surface area (Å²) in [6.45, 7) is 11.5. The van der Waals surface area contributed by atoms with E-state index in [1.54, 1.807) is 6.08 Å². The molecule has 0 amide bonds. The maximum absolute atomic E-state index is 8.63. The van der Waals surface area contributed by atoms with E-state index in [-0.39, 0.29) is 0 Å². The van der Waals surface area contributed by atoms with Gasteiger partial charge < -0.3 is 0 Å². The molecule has 0 saturated heterocycles. The SMILES string of the molecule is C=C(C#N)/C=C(\C)C/C(N=C(C)C)=C(/C)Br. The third kappa shape index (κ3) is 6.36. The van der Waals surface area contributed by atoms with Crippen LogP contribution in [0.15, 0.2) is 39.0 Å². The molecular weight excluding hydrogens is 264 g/mol. The maximum atomic E-state index is 8.63. The van der Waals surface area contributed by atoms with Crippen molar-refractivity contribution in [1.82, 2.24) is 0 Å². The average molecular weight is 281 g/mol. The van der Waals surface area contributed by atoms with Crippen molar-refractivity contribution in [2.45, 2.75) is 34.1 Å². The Morgan fingerprint density at radius 3 is 2.31 bits per heavy atom. The molecule has 0 spiro atoms. The van der Waals surface area contributed by atoms with Crippen LogP contribution in [0.5, 0.6) is 0 Å². The van der Waals surface area contributed by atoms with E-state index in [2.05, 4.69) is 27.5 Å². The Morgan fingerprint density at radius 1 is 1.38 bits per heavy atom. The molecular formula is C13H17BrN2. The smallest absolute Gasteiger partial charge is 0.0985 e. The van der Waals surface area contributed by atoms with Crippen molar-refractivity contribution in [1.29, 1.82) is 5.26 Å². The Labute approximate surface area is 106 Å². The van der Waals surface area contributed by atoms with Gasteiger partial charge in [-0.25, -0.2) is 0 Å². The molecule has 2 nitrogen and oxygen atoms in total. The van der Waals surface area contributed by atoms with Crippen molar-refractivity contribution in [3.8, 4) is 6.07 Å². The van der Waals surface area contributed by atoms with E-state index < -0.39 is 0 Å². The van der Waals surface area contributed by atoms with E-state index in [9.17, 15) is 0 Å². The van der Waals surface area contributed by atoms with E-state index in [4.69, 9.17) is 5.26 Å². The number of allylic oxidation sites excluding steroid dienone is 4.